The molecule has 0 radical (unpaired) electrons. The zero-order valence-electron chi connectivity index (χ0n) is 18.0. The second kappa shape index (κ2) is 8.43. The lowest BCUT2D eigenvalue weighted by Crippen LogP contribution is -2.40. The van der Waals surface area contributed by atoms with E-state index < -0.39 is 0 Å². The van der Waals surface area contributed by atoms with Gasteiger partial charge in [0.1, 0.15) is 5.75 Å². The lowest BCUT2D eigenvalue weighted by molar-refractivity contribution is -0.115. The SMILES string of the molecule is CCCN(CCCc1ccc2c(c1)CC(=O)N2)C1CCc2cc3c(cc2C1)OCC3. The fraction of sp³-hybridized carbons (Fsp3) is 0.500. The molecule has 1 aliphatic carbocycles. The first kappa shape index (κ1) is 19.6. The molecule has 158 valence electrons. The fourth-order valence-corrected chi connectivity index (χ4v) is 5.42. The number of fused-ring (bicyclic) bond motifs is 3. The molecule has 1 atom stereocenters. The Bertz CT molecular complexity index is 952. The van der Waals surface area contributed by atoms with Crippen molar-refractivity contribution in [2.24, 2.45) is 0 Å². The maximum Gasteiger partial charge on any atom is 0.228 e. The Labute approximate surface area is 179 Å². The normalized spacial score (nSPS) is 19.3. The van der Waals surface area contributed by atoms with Gasteiger partial charge in [0.15, 0.2) is 0 Å². The van der Waals surface area contributed by atoms with E-state index in [0.29, 0.717) is 12.5 Å². The summed E-state index contributed by atoms with van der Waals surface area (Å²) in [6.45, 7) is 5.44. The minimum absolute atomic E-state index is 0.116. The van der Waals surface area contributed by atoms with Crippen LogP contribution in [-0.4, -0.2) is 36.5 Å². The molecular weight excluding hydrogens is 372 g/mol. The third kappa shape index (κ3) is 3.98. The van der Waals surface area contributed by atoms with Crippen LogP contribution in [-0.2, 0) is 36.9 Å². The number of nitrogens with zero attached hydrogens (tertiary/aromatic N) is 1. The van der Waals surface area contributed by atoms with Gasteiger partial charge in [0.25, 0.3) is 0 Å². The molecule has 0 fully saturated rings. The van der Waals surface area contributed by atoms with Crippen molar-refractivity contribution >= 4 is 11.6 Å². The average Bonchev–Trinajstić information content (AvgIpc) is 3.35. The summed E-state index contributed by atoms with van der Waals surface area (Å²) >= 11 is 0. The quantitative estimate of drug-likeness (QED) is 0.747. The summed E-state index contributed by atoms with van der Waals surface area (Å²) in [5, 5.41) is 2.93. The van der Waals surface area contributed by atoms with Crippen LogP contribution < -0.4 is 10.1 Å². The maximum absolute atomic E-state index is 11.6. The van der Waals surface area contributed by atoms with E-state index in [-0.39, 0.29) is 5.91 Å². The smallest absolute Gasteiger partial charge is 0.228 e. The Balaban J connectivity index is 1.21. The Kier molecular flexibility index (Phi) is 5.51. The highest BCUT2D eigenvalue weighted by Crippen LogP contribution is 2.34. The molecule has 3 aliphatic rings. The first-order chi connectivity index (χ1) is 14.7. The van der Waals surface area contributed by atoms with Gasteiger partial charge >= 0.3 is 0 Å². The number of hydrogen-bond donors (Lipinski definition) is 1. The first-order valence-corrected chi connectivity index (χ1v) is 11.6. The average molecular weight is 405 g/mol. The monoisotopic (exact) mass is 404 g/mol. The molecule has 0 spiro atoms. The number of carbonyl (C=O) groups is 1. The van der Waals surface area contributed by atoms with E-state index in [4.69, 9.17) is 4.74 Å². The van der Waals surface area contributed by atoms with Crippen molar-refractivity contribution < 1.29 is 9.53 Å². The molecule has 2 aromatic rings. The molecule has 2 aromatic carbocycles. The first-order valence-electron chi connectivity index (χ1n) is 11.6. The molecule has 2 aliphatic heterocycles. The predicted molar refractivity (Wildman–Crippen MR) is 120 cm³/mol. The van der Waals surface area contributed by atoms with E-state index in [1.54, 1.807) is 5.56 Å². The van der Waals surface area contributed by atoms with E-state index in [2.05, 4.69) is 47.5 Å². The zero-order chi connectivity index (χ0) is 20.5. The summed E-state index contributed by atoms with van der Waals surface area (Å²) in [5.74, 6) is 1.24. The number of nitrogens with one attached hydrogen (secondary N) is 1. The van der Waals surface area contributed by atoms with E-state index in [9.17, 15) is 4.79 Å². The van der Waals surface area contributed by atoms with Gasteiger partial charge < -0.3 is 15.0 Å². The number of ether oxygens (including phenoxy) is 1. The highest BCUT2D eigenvalue weighted by Gasteiger charge is 2.26. The van der Waals surface area contributed by atoms with Gasteiger partial charge in [-0.15, -0.1) is 0 Å². The molecule has 0 bridgehead atoms. The lowest BCUT2D eigenvalue weighted by Gasteiger charge is -2.35. The van der Waals surface area contributed by atoms with E-state index in [1.165, 1.54) is 42.5 Å². The van der Waals surface area contributed by atoms with E-state index >= 15 is 0 Å². The largest absolute Gasteiger partial charge is 0.493 e. The summed E-state index contributed by atoms with van der Waals surface area (Å²) in [6.07, 6.45) is 8.64. The van der Waals surface area contributed by atoms with Crippen LogP contribution in [0, 0.1) is 0 Å². The fourth-order valence-electron chi connectivity index (χ4n) is 5.42. The summed E-state index contributed by atoms with van der Waals surface area (Å²) in [5.41, 5.74) is 7.96. The topological polar surface area (TPSA) is 41.6 Å². The standard InChI is InChI=1S/C26H32N2O2/c1-2-10-28(11-3-4-18-5-8-24-22(13-18)17-26(29)27-24)23-7-6-19-14-20-9-12-30-25(20)16-21(19)15-23/h5,8,13-14,16,23H,2-4,6-7,9-12,15,17H2,1H3,(H,27,29). The van der Waals surface area contributed by atoms with Crippen LogP contribution in [0.25, 0.3) is 0 Å². The maximum atomic E-state index is 11.6. The molecule has 0 saturated heterocycles. The van der Waals surface area contributed by atoms with Crippen LogP contribution in [0.15, 0.2) is 30.3 Å². The Morgan fingerprint density at radius 2 is 2.00 bits per heavy atom. The zero-order valence-corrected chi connectivity index (χ0v) is 18.0. The number of rotatable bonds is 7. The highest BCUT2D eigenvalue weighted by atomic mass is 16.5. The van der Waals surface area contributed by atoms with Crippen molar-refractivity contribution in [1.82, 2.24) is 4.90 Å². The van der Waals surface area contributed by atoms with Gasteiger partial charge in [-0.3, -0.25) is 4.79 Å². The Morgan fingerprint density at radius 1 is 1.07 bits per heavy atom. The second-order valence-corrected chi connectivity index (χ2v) is 9.08. The molecule has 4 nitrogen and oxygen atoms in total. The molecular formula is C26H32N2O2. The van der Waals surface area contributed by atoms with Gasteiger partial charge in [0, 0.05) is 18.2 Å². The third-order valence-corrected chi connectivity index (χ3v) is 6.95. The van der Waals surface area contributed by atoms with Gasteiger partial charge in [-0.25, -0.2) is 0 Å². The molecule has 30 heavy (non-hydrogen) atoms. The Hall–Kier alpha value is -2.33. The summed E-state index contributed by atoms with van der Waals surface area (Å²) < 4.78 is 5.82. The molecule has 1 unspecified atom stereocenters. The number of benzene rings is 2. The molecule has 1 amide bonds. The summed E-state index contributed by atoms with van der Waals surface area (Å²) in [4.78, 5) is 14.3. The molecule has 0 saturated carbocycles. The number of anilines is 1. The molecule has 4 heteroatoms. The van der Waals surface area contributed by atoms with Crippen LogP contribution in [0.3, 0.4) is 0 Å². The van der Waals surface area contributed by atoms with Crippen LogP contribution in [0.4, 0.5) is 5.69 Å². The number of aryl methyl sites for hydroxylation is 2. The minimum Gasteiger partial charge on any atom is -0.493 e. The van der Waals surface area contributed by atoms with Crippen LogP contribution in [0.5, 0.6) is 5.75 Å². The number of hydrogen-bond acceptors (Lipinski definition) is 3. The second-order valence-electron chi connectivity index (χ2n) is 9.08. The van der Waals surface area contributed by atoms with Crippen molar-refractivity contribution in [2.45, 2.75) is 64.3 Å². The van der Waals surface area contributed by atoms with Gasteiger partial charge in [-0.2, -0.15) is 0 Å². The van der Waals surface area contributed by atoms with Crippen molar-refractivity contribution in [1.29, 1.82) is 0 Å². The van der Waals surface area contributed by atoms with Gasteiger partial charge in [0.05, 0.1) is 13.0 Å². The number of amides is 1. The summed E-state index contributed by atoms with van der Waals surface area (Å²) in [7, 11) is 0. The molecule has 5 rings (SSSR count). The van der Waals surface area contributed by atoms with Crippen molar-refractivity contribution in [2.75, 3.05) is 25.0 Å². The lowest BCUT2D eigenvalue weighted by atomic mass is 9.85. The number of carbonyl (C=O) groups excluding carboxylic acids is 1. The summed E-state index contributed by atoms with van der Waals surface area (Å²) in [6, 6.07) is 11.8. The van der Waals surface area contributed by atoms with Gasteiger partial charge in [-0.1, -0.05) is 25.1 Å². The van der Waals surface area contributed by atoms with Crippen LogP contribution in [0.2, 0.25) is 0 Å². The van der Waals surface area contributed by atoms with Crippen molar-refractivity contribution in [3.8, 4) is 5.75 Å². The van der Waals surface area contributed by atoms with E-state index in [0.717, 1.165) is 55.8 Å². The van der Waals surface area contributed by atoms with Crippen LogP contribution in [0.1, 0.15) is 54.0 Å². The van der Waals surface area contributed by atoms with Gasteiger partial charge in [-0.05, 0) is 91.6 Å². The van der Waals surface area contributed by atoms with E-state index in [1.807, 2.05) is 0 Å². The van der Waals surface area contributed by atoms with Crippen molar-refractivity contribution in [3.05, 3.63) is 58.1 Å². The minimum atomic E-state index is 0.116. The van der Waals surface area contributed by atoms with Gasteiger partial charge in [0.2, 0.25) is 5.91 Å². The third-order valence-electron chi connectivity index (χ3n) is 6.95. The van der Waals surface area contributed by atoms with Crippen LogP contribution >= 0.6 is 0 Å². The molecule has 0 aromatic heterocycles. The Morgan fingerprint density at radius 3 is 2.90 bits per heavy atom. The molecule has 1 N–H and O–H groups in total. The molecule has 2 heterocycles. The highest BCUT2D eigenvalue weighted by molar-refractivity contribution is 5.99. The van der Waals surface area contributed by atoms with Crippen molar-refractivity contribution in [3.63, 3.8) is 0 Å². The predicted octanol–water partition coefficient (Wildman–Crippen LogP) is 4.32.